The van der Waals surface area contributed by atoms with E-state index in [-0.39, 0.29) is 5.57 Å². The summed E-state index contributed by atoms with van der Waals surface area (Å²) in [5, 5.41) is 20.2. The standard InChI is InChI=1S/C41H25N3O/c42-26-28(27-43)40-32-17-4-6-19-34(32)41(29-13-2-1-3-14-29,35-20-7-5-18-33(35)40)30-15-12-16-31(25-30)44-36-21-8-10-23-38(36)45-39-24-11-9-22-37(39)44/h1-25H. The molecule has 0 amide bonds. The van der Waals surface area contributed by atoms with Gasteiger partial charge in [0.1, 0.15) is 17.7 Å². The van der Waals surface area contributed by atoms with E-state index in [1.54, 1.807) is 0 Å². The molecule has 6 aromatic rings. The van der Waals surface area contributed by atoms with E-state index in [0.717, 1.165) is 61.9 Å². The number of ether oxygens (including phenoxy) is 1. The molecule has 1 aliphatic carbocycles. The first-order chi connectivity index (χ1) is 22.3. The van der Waals surface area contributed by atoms with Gasteiger partial charge in [-0.25, -0.2) is 0 Å². The first-order valence-corrected chi connectivity index (χ1v) is 14.8. The smallest absolute Gasteiger partial charge is 0.151 e. The molecule has 1 heterocycles. The Labute approximate surface area is 261 Å². The Morgan fingerprint density at radius 3 is 1.64 bits per heavy atom. The Morgan fingerprint density at radius 1 is 0.533 bits per heavy atom. The molecule has 8 rings (SSSR count). The summed E-state index contributed by atoms with van der Waals surface area (Å²) in [6.07, 6.45) is 0. The van der Waals surface area contributed by atoms with Gasteiger partial charge in [0.25, 0.3) is 0 Å². The van der Waals surface area contributed by atoms with Crippen molar-refractivity contribution >= 4 is 22.6 Å². The highest BCUT2D eigenvalue weighted by atomic mass is 16.5. The van der Waals surface area contributed by atoms with Gasteiger partial charge < -0.3 is 9.64 Å². The van der Waals surface area contributed by atoms with Gasteiger partial charge in [0, 0.05) is 11.3 Å². The normalized spacial score (nSPS) is 15.7. The highest BCUT2D eigenvalue weighted by molar-refractivity contribution is 5.95. The van der Waals surface area contributed by atoms with Crippen LogP contribution in [0, 0.1) is 22.7 Å². The highest BCUT2D eigenvalue weighted by Crippen LogP contribution is 2.56. The molecule has 0 fully saturated rings. The van der Waals surface area contributed by atoms with E-state index in [1.165, 1.54) is 0 Å². The molecule has 1 aliphatic heterocycles. The van der Waals surface area contributed by atoms with Crippen molar-refractivity contribution in [2.45, 2.75) is 5.41 Å². The van der Waals surface area contributed by atoms with Crippen LogP contribution in [0.3, 0.4) is 0 Å². The van der Waals surface area contributed by atoms with Crippen LogP contribution in [0.25, 0.3) is 5.57 Å². The molecule has 0 radical (unpaired) electrons. The number of hydrogen-bond acceptors (Lipinski definition) is 4. The van der Waals surface area contributed by atoms with Crippen LogP contribution in [0.2, 0.25) is 0 Å². The summed E-state index contributed by atoms with van der Waals surface area (Å²) in [6, 6.07) is 56.2. The predicted octanol–water partition coefficient (Wildman–Crippen LogP) is 9.81. The summed E-state index contributed by atoms with van der Waals surface area (Å²) in [5.74, 6) is 1.59. The Balaban J connectivity index is 1.47. The molecular weight excluding hydrogens is 550 g/mol. The second-order valence-corrected chi connectivity index (χ2v) is 11.1. The van der Waals surface area contributed by atoms with Crippen molar-refractivity contribution in [1.82, 2.24) is 0 Å². The lowest BCUT2D eigenvalue weighted by atomic mass is 9.58. The van der Waals surface area contributed by atoms with Crippen molar-refractivity contribution in [3.05, 3.63) is 191 Å². The topological polar surface area (TPSA) is 60.0 Å². The van der Waals surface area contributed by atoms with E-state index in [9.17, 15) is 10.5 Å². The van der Waals surface area contributed by atoms with Crippen molar-refractivity contribution in [3.8, 4) is 23.6 Å². The van der Waals surface area contributed by atoms with Gasteiger partial charge >= 0.3 is 0 Å². The van der Waals surface area contributed by atoms with Crippen LogP contribution in [0.4, 0.5) is 17.1 Å². The van der Waals surface area contributed by atoms with Crippen LogP contribution in [0.5, 0.6) is 11.5 Å². The van der Waals surface area contributed by atoms with Gasteiger partial charge in [0.05, 0.1) is 16.8 Å². The van der Waals surface area contributed by atoms with Crippen molar-refractivity contribution in [3.63, 3.8) is 0 Å². The fourth-order valence-electron chi connectivity index (χ4n) is 7.09. The number of benzene rings is 6. The summed E-state index contributed by atoms with van der Waals surface area (Å²) in [4.78, 5) is 2.26. The molecule has 0 spiro atoms. The minimum atomic E-state index is -0.741. The zero-order chi connectivity index (χ0) is 30.4. The third kappa shape index (κ3) is 3.84. The number of anilines is 3. The summed E-state index contributed by atoms with van der Waals surface area (Å²) < 4.78 is 6.31. The van der Waals surface area contributed by atoms with Gasteiger partial charge in [-0.05, 0) is 69.8 Å². The highest BCUT2D eigenvalue weighted by Gasteiger charge is 2.46. The maximum absolute atomic E-state index is 10.1. The van der Waals surface area contributed by atoms with Crippen LogP contribution in [-0.2, 0) is 5.41 Å². The average molecular weight is 576 g/mol. The van der Waals surface area contributed by atoms with Gasteiger partial charge in [-0.3, -0.25) is 0 Å². The zero-order valence-corrected chi connectivity index (χ0v) is 24.2. The maximum Gasteiger partial charge on any atom is 0.151 e. The minimum absolute atomic E-state index is 0.104. The largest absolute Gasteiger partial charge is 0.453 e. The fraction of sp³-hybridized carbons (Fsp3) is 0.0244. The SMILES string of the molecule is N#CC(C#N)=C1c2ccccc2C(c2ccccc2)(c2cccc(N3c4ccccc4Oc4ccccc43)c2)c2ccccc21. The number of rotatable bonds is 3. The summed E-state index contributed by atoms with van der Waals surface area (Å²) >= 11 is 0. The number of nitrogens with zero attached hydrogens (tertiary/aromatic N) is 3. The van der Waals surface area contributed by atoms with Gasteiger partial charge in [0.15, 0.2) is 11.5 Å². The van der Waals surface area contributed by atoms with Crippen LogP contribution in [0.1, 0.15) is 33.4 Å². The Morgan fingerprint density at radius 2 is 1.04 bits per heavy atom. The molecule has 45 heavy (non-hydrogen) atoms. The minimum Gasteiger partial charge on any atom is -0.453 e. The third-order valence-electron chi connectivity index (χ3n) is 8.85. The van der Waals surface area contributed by atoms with Crippen LogP contribution in [-0.4, -0.2) is 0 Å². The number of allylic oxidation sites excluding steroid dienone is 1. The van der Waals surface area contributed by atoms with Crippen molar-refractivity contribution in [2.75, 3.05) is 4.90 Å². The molecule has 0 atom stereocenters. The third-order valence-corrected chi connectivity index (χ3v) is 8.85. The molecule has 0 bridgehead atoms. The molecule has 0 saturated carbocycles. The van der Waals surface area contributed by atoms with Gasteiger partial charge in [-0.2, -0.15) is 10.5 Å². The molecule has 6 aromatic carbocycles. The quantitative estimate of drug-likeness (QED) is 0.197. The molecule has 210 valence electrons. The van der Waals surface area contributed by atoms with Crippen LogP contribution >= 0.6 is 0 Å². The van der Waals surface area contributed by atoms with Crippen molar-refractivity contribution in [2.24, 2.45) is 0 Å². The first-order valence-electron chi connectivity index (χ1n) is 14.8. The Kier molecular flexibility index (Phi) is 6.09. The first kappa shape index (κ1) is 26.3. The fourth-order valence-corrected chi connectivity index (χ4v) is 7.09. The van der Waals surface area contributed by atoms with Crippen molar-refractivity contribution in [1.29, 1.82) is 10.5 Å². The lowest BCUT2D eigenvalue weighted by molar-refractivity contribution is 0.477. The van der Waals surface area contributed by atoms with Gasteiger partial charge in [0.2, 0.25) is 0 Å². The molecule has 2 aliphatic rings. The molecular formula is C41H25N3O. The lowest BCUT2D eigenvalue weighted by Gasteiger charge is -2.43. The van der Waals surface area contributed by atoms with Crippen molar-refractivity contribution < 1.29 is 4.74 Å². The number of nitriles is 2. The summed E-state index contributed by atoms with van der Waals surface area (Å²) in [5.41, 5.74) is 8.93. The molecule has 4 heteroatoms. The molecule has 0 aromatic heterocycles. The number of para-hydroxylation sites is 4. The average Bonchev–Trinajstić information content (AvgIpc) is 3.11. The van der Waals surface area contributed by atoms with E-state index in [2.05, 4.69) is 89.8 Å². The maximum atomic E-state index is 10.1. The number of hydrogen-bond donors (Lipinski definition) is 0. The van der Waals surface area contributed by atoms with Gasteiger partial charge in [-0.15, -0.1) is 0 Å². The molecule has 0 N–H and O–H groups in total. The second kappa shape index (κ2) is 10.4. The lowest BCUT2D eigenvalue weighted by Crippen LogP contribution is -2.36. The van der Waals surface area contributed by atoms with E-state index in [4.69, 9.17) is 4.74 Å². The van der Waals surface area contributed by atoms with E-state index >= 15 is 0 Å². The Bertz CT molecular complexity index is 2130. The molecule has 0 unspecified atom stereocenters. The molecule has 0 saturated heterocycles. The van der Waals surface area contributed by atoms with Crippen LogP contribution in [0.15, 0.2) is 157 Å². The van der Waals surface area contributed by atoms with Crippen LogP contribution < -0.4 is 9.64 Å². The van der Waals surface area contributed by atoms with E-state index < -0.39 is 5.41 Å². The molecule has 4 nitrogen and oxygen atoms in total. The Hall–Kier alpha value is -6.36. The predicted molar refractivity (Wildman–Crippen MR) is 177 cm³/mol. The zero-order valence-electron chi connectivity index (χ0n) is 24.2. The second-order valence-electron chi connectivity index (χ2n) is 11.1. The van der Waals surface area contributed by atoms with E-state index in [0.29, 0.717) is 5.57 Å². The summed E-state index contributed by atoms with van der Waals surface area (Å²) in [6.45, 7) is 0. The summed E-state index contributed by atoms with van der Waals surface area (Å²) in [7, 11) is 0. The number of fused-ring (bicyclic) bond motifs is 4. The van der Waals surface area contributed by atoms with Gasteiger partial charge in [-0.1, -0.05) is 115 Å². The monoisotopic (exact) mass is 575 g/mol. The van der Waals surface area contributed by atoms with E-state index in [1.807, 2.05) is 78.9 Å².